The fourth-order valence-corrected chi connectivity index (χ4v) is 5.22. The van der Waals surface area contributed by atoms with Gasteiger partial charge in [0.1, 0.15) is 11.8 Å². The molecule has 2 amide bonds. The molecule has 9 nitrogen and oxygen atoms in total. The van der Waals surface area contributed by atoms with E-state index in [0.717, 1.165) is 24.0 Å². The molecule has 0 radical (unpaired) electrons. The first-order valence-corrected chi connectivity index (χ1v) is 14.1. The van der Waals surface area contributed by atoms with Crippen LogP contribution in [0.2, 0.25) is 0 Å². The normalized spacial score (nSPS) is 16.2. The van der Waals surface area contributed by atoms with Crippen molar-refractivity contribution in [3.63, 3.8) is 0 Å². The summed E-state index contributed by atoms with van der Waals surface area (Å²) in [5.41, 5.74) is 1.72. The average molecular weight is 532 g/mol. The molecule has 10 heteroatoms. The Morgan fingerprint density at radius 3 is 2.38 bits per heavy atom. The summed E-state index contributed by atoms with van der Waals surface area (Å²) >= 11 is 0. The molecule has 0 aromatic heterocycles. The number of methoxy groups -OCH3 is 1. The van der Waals surface area contributed by atoms with Crippen LogP contribution in [0.4, 0.5) is 0 Å². The van der Waals surface area contributed by atoms with Crippen LogP contribution < -0.4 is 14.8 Å². The summed E-state index contributed by atoms with van der Waals surface area (Å²) in [4.78, 5) is 28.1. The molecule has 0 saturated carbocycles. The molecule has 1 fully saturated rings. The molecule has 2 atom stereocenters. The van der Waals surface area contributed by atoms with Gasteiger partial charge in [-0.15, -0.1) is 0 Å². The van der Waals surface area contributed by atoms with Gasteiger partial charge in [0, 0.05) is 32.7 Å². The van der Waals surface area contributed by atoms with Crippen LogP contribution in [0.3, 0.4) is 0 Å². The number of benzene rings is 2. The number of carbonyl (C=O) groups is 2. The van der Waals surface area contributed by atoms with Crippen molar-refractivity contribution in [2.24, 2.45) is 0 Å². The lowest BCUT2D eigenvalue weighted by atomic mass is 10.1. The van der Waals surface area contributed by atoms with E-state index in [2.05, 4.69) is 10.0 Å². The smallest absolute Gasteiger partial charge is 0.242 e. The number of sulfonamides is 1. The number of nitrogens with one attached hydrogen (secondary N) is 2. The molecule has 1 aliphatic heterocycles. The second-order valence-corrected chi connectivity index (χ2v) is 10.8. The number of hydrogen-bond acceptors (Lipinski definition) is 6. The first kappa shape index (κ1) is 28.6. The highest BCUT2D eigenvalue weighted by molar-refractivity contribution is 7.89. The number of hydrogen-bond donors (Lipinski definition) is 2. The first-order valence-electron chi connectivity index (χ1n) is 12.6. The summed E-state index contributed by atoms with van der Waals surface area (Å²) in [6.07, 6.45) is 2.52. The summed E-state index contributed by atoms with van der Waals surface area (Å²) < 4.78 is 37.6. The van der Waals surface area contributed by atoms with Crippen molar-refractivity contribution in [2.75, 3.05) is 26.8 Å². The lowest BCUT2D eigenvalue weighted by Gasteiger charge is -2.29. The van der Waals surface area contributed by atoms with E-state index in [1.54, 1.807) is 38.0 Å². The van der Waals surface area contributed by atoms with Crippen molar-refractivity contribution in [1.82, 2.24) is 14.9 Å². The molecule has 1 heterocycles. The standard InChI is InChI=1S/C27H37N3O6S/c1-4-29-37(33,34)25-14-9-21(10-15-25)11-16-26(31)30(19-22-7-12-23(35-3)13-8-22)20(2)27(32)28-18-24-6-5-17-36-24/h7-10,12-15,20,24,29H,4-6,11,16-19H2,1-3H3,(H,28,32)/t20-,24-/m1/s1. The molecule has 3 rings (SSSR count). The second-order valence-electron chi connectivity index (χ2n) is 9.07. The van der Waals surface area contributed by atoms with Crippen LogP contribution in [0.25, 0.3) is 0 Å². The van der Waals surface area contributed by atoms with Crippen LogP contribution in [0.1, 0.15) is 44.2 Å². The average Bonchev–Trinajstić information content (AvgIpc) is 3.43. The van der Waals surface area contributed by atoms with E-state index in [1.807, 2.05) is 24.3 Å². The molecule has 0 unspecified atom stereocenters. The molecule has 37 heavy (non-hydrogen) atoms. The van der Waals surface area contributed by atoms with Gasteiger partial charge in [0.2, 0.25) is 21.8 Å². The zero-order valence-electron chi connectivity index (χ0n) is 21.7. The molecule has 202 valence electrons. The van der Waals surface area contributed by atoms with Crippen LogP contribution in [-0.4, -0.2) is 64.1 Å². The summed E-state index contributed by atoms with van der Waals surface area (Å²) in [7, 11) is -1.94. The Kier molecular flexibility index (Phi) is 10.5. The van der Waals surface area contributed by atoms with Crippen molar-refractivity contribution in [1.29, 1.82) is 0 Å². The molecule has 2 aromatic rings. The van der Waals surface area contributed by atoms with E-state index >= 15 is 0 Å². The van der Waals surface area contributed by atoms with Gasteiger partial charge in [-0.3, -0.25) is 9.59 Å². The van der Waals surface area contributed by atoms with Crippen molar-refractivity contribution in [3.05, 3.63) is 59.7 Å². The van der Waals surface area contributed by atoms with E-state index in [0.29, 0.717) is 31.9 Å². The number of amides is 2. The van der Waals surface area contributed by atoms with Crippen molar-refractivity contribution in [3.8, 4) is 5.75 Å². The Labute approximate surface area is 219 Å². The lowest BCUT2D eigenvalue weighted by molar-refractivity contribution is -0.140. The lowest BCUT2D eigenvalue weighted by Crippen LogP contribution is -2.49. The maximum absolute atomic E-state index is 13.4. The third kappa shape index (κ3) is 8.28. The molecule has 1 saturated heterocycles. The summed E-state index contributed by atoms with van der Waals surface area (Å²) in [6.45, 7) is 5.17. The highest BCUT2D eigenvalue weighted by atomic mass is 32.2. The minimum Gasteiger partial charge on any atom is -0.497 e. The minimum atomic E-state index is -3.53. The first-order chi connectivity index (χ1) is 17.7. The van der Waals surface area contributed by atoms with Gasteiger partial charge < -0.3 is 19.7 Å². The van der Waals surface area contributed by atoms with Gasteiger partial charge in [-0.25, -0.2) is 13.1 Å². The zero-order valence-corrected chi connectivity index (χ0v) is 22.6. The minimum absolute atomic E-state index is 0.0150. The molecule has 0 spiro atoms. The Bertz CT molecular complexity index is 1130. The fourth-order valence-electron chi connectivity index (χ4n) is 4.18. The maximum atomic E-state index is 13.4. The molecule has 0 aliphatic carbocycles. The van der Waals surface area contributed by atoms with Gasteiger partial charge in [-0.2, -0.15) is 0 Å². The van der Waals surface area contributed by atoms with E-state index in [4.69, 9.17) is 9.47 Å². The van der Waals surface area contributed by atoms with Crippen LogP contribution in [-0.2, 0) is 37.3 Å². The van der Waals surface area contributed by atoms with Crippen LogP contribution in [0, 0.1) is 0 Å². The molecule has 2 N–H and O–H groups in total. The largest absolute Gasteiger partial charge is 0.497 e. The summed E-state index contributed by atoms with van der Waals surface area (Å²) in [5.74, 6) is 0.318. The number of nitrogens with zero attached hydrogens (tertiary/aromatic N) is 1. The molecular formula is C27H37N3O6S. The predicted octanol–water partition coefficient (Wildman–Crippen LogP) is 2.64. The zero-order chi connectivity index (χ0) is 26.8. The Morgan fingerprint density at radius 1 is 1.11 bits per heavy atom. The highest BCUT2D eigenvalue weighted by Crippen LogP contribution is 2.18. The SMILES string of the molecule is CCNS(=O)(=O)c1ccc(CCC(=O)N(Cc2ccc(OC)cc2)[C@H](C)C(=O)NC[C@H]2CCCO2)cc1. The summed E-state index contributed by atoms with van der Waals surface area (Å²) in [6, 6.07) is 13.2. The van der Waals surface area contributed by atoms with Crippen LogP contribution in [0.15, 0.2) is 53.4 Å². The highest BCUT2D eigenvalue weighted by Gasteiger charge is 2.27. The molecule has 2 aromatic carbocycles. The Balaban J connectivity index is 1.68. The van der Waals surface area contributed by atoms with E-state index in [9.17, 15) is 18.0 Å². The monoisotopic (exact) mass is 531 g/mol. The maximum Gasteiger partial charge on any atom is 0.242 e. The summed E-state index contributed by atoms with van der Waals surface area (Å²) in [5, 5.41) is 2.93. The molecule has 1 aliphatic rings. The van der Waals surface area contributed by atoms with E-state index in [-0.39, 0.29) is 35.8 Å². The van der Waals surface area contributed by atoms with E-state index < -0.39 is 16.1 Å². The fraction of sp³-hybridized carbons (Fsp3) is 0.481. The predicted molar refractivity (Wildman–Crippen MR) is 141 cm³/mol. The third-order valence-electron chi connectivity index (χ3n) is 6.40. The number of ether oxygens (including phenoxy) is 2. The molecule has 0 bridgehead atoms. The second kappa shape index (κ2) is 13.6. The van der Waals surface area contributed by atoms with E-state index in [1.165, 1.54) is 12.1 Å². The van der Waals surface area contributed by atoms with Gasteiger partial charge in [-0.05, 0) is 61.6 Å². The van der Waals surface area contributed by atoms with Gasteiger partial charge in [-0.1, -0.05) is 31.2 Å². The van der Waals surface area contributed by atoms with Gasteiger partial charge in [0.15, 0.2) is 0 Å². The van der Waals surface area contributed by atoms with Crippen molar-refractivity contribution in [2.45, 2.75) is 63.1 Å². The van der Waals surface area contributed by atoms with Gasteiger partial charge in [0.05, 0.1) is 18.1 Å². The van der Waals surface area contributed by atoms with Crippen LogP contribution >= 0.6 is 0 Å². The van der Waals surface area contributed by atoms with Crippen molar-refractivity contribution >= 4 is 21.8 Å². The number of carbonyl (C=O) groups excluding carboxylic acids is 2. The number of aryl methyl sites for hydroxylation is 1. The molecular weight excluding hydrogens is 494 g/mol. The Morgan fingerprint density at radius 2 is 1.78 bits per heavy atom. The third-order valence-corrected chi connectivity index (χ3v) is 7.96. The van der Waals surface area contributed by atoms with Gasteiger partial charge >= 0.3 is 0 Å². The van der Waals surface area contributed by atoms with Gasteiger partial charge in [0.25, 0.3) is 0 Å². The number of rotatable bonds is 13. The quantitative estimate of drug-likeness (QED) is 0.411. The van der Waals surface area contributed by atoms with Crippen molar-refractivity contribution < 1.29 is 27.5 Å². The Hall–Kier alpha value is -2.95. The topological polar surface area (TPSA) is 114 Å². The van der Waals surface area contributed by atoms with Crippen LogP contribution in [0.5, 0.6) is 5.75 Å².